The van der Waals surface area contributed by atoms with Crippen LogP contribution in [0.1, 0.15) is 11.3 Å². The lowest BCUT2D eigenvalue weighted by Crippen LogP contribution is -2.43. The predicted molar refractivity (Wildman–Crippen MR) is 87.1 cm³/mol. The lowest BCUT2D eigenvalue weighted by atomic mass is 10.1. The van der Waals surface area contributed by atoms with E-state index in [0.29, 0.717) is 32.8 Å². The van der Waals surface area contributed by atoms with Gasteiger partial charge in [-0.15, -0.1) is 0 Å². The molecule has 0 bridgehead atoms. The topological polar surface area (TPSA) is 54.5 Å². The van der Waals surface area contributed by atoms with Crippen LogP contribution in [0.5, 0.6) is 0 Å². The number of rotatable bonds is 3. The molecule has 2 aromatic rings. The molecule has 0 aliphatic carbocycles. The lowest BCUT2D eigenvalue weighted by Gasteiger charge is -2.27. The summed E-state index contributed by atoms with van der Waals surface area (Å²) < 4.78 is 5.28. The Hall–Kier alpha value is -2.14. The molecule has 22 heavy (non-hydrogen) atoms. The fourth-order valence-electron chi connectivity index (χ4n) is 2.75. The van der Waals surface area contributed by atoms with Crippen LogP contribution in [0.2, 0.25) is 0 Å². The number of fused-ring (bicyclic) bond motifs is 1. The molecule has 116 valence electrons. The third-order valence-corrected chi connectivity index (χ3v) is 4.16. The number of anilines is 1. The zero-order valence-corrected chi connectivity index (χ0v) is 13.1. The van der Waals surface area contributed by atoms with Gasteiger partial charge in [-0.05, 0) is 25.5 Å². The van der Waals surface area contributed by atoms with Crippen molar-refractivity contribution < 1.29 is 9.53 Å². The van der Waals surface area contributed by atoms with Crippen molar-refractivity contribution in [3.05, 3.63) is 35.5 Å². The number of amides is 1. The Labute approximate surface area is 130 Å². The molecule has 5 nitrogen and oxygen atoms in total. The molecule has 1 saturated heterocycles. The molecule has 0 saturated carbocycles. The summed E-state index contributed by atoms with van der Waals surface area (Å²) in [6.45, 7) is 6.94. The number of carbonyl (C=O) groups excluding carboxylic acids is 1. The minimum atomic E-state index is 0.112. The molecule has 1 N–H and O–H groups in total. The summed E-state index contributed by atoms with van der Waals surface area (Å²) in [6, 6.07) is 8.01. The number of hydrogen-bond donors (Lipinski definition) is 1. The number of hydrogen-bond acceptors (Lipinski definition) is 4. The second kappa shape index (κ2) is 6.32. The van der Waals surface area contributed by atoms with E-state index >= 15 is 0 Å². The largest absolute Gasteiger partial charge is 0.378 e. The number of nitrogens with zero attached hydrogens (tertiary/aromatic N) is 2. The van der Waals surface area contributed by atoms with E-state index in [2.05, 4.69) is 10.3 Å². The van der Waals surface area contributed by atoms with E-state index in [9.17, 15) is 4.79 Å². The van der Waals surface area contributed by atoms with E-state index in [4.69, 9.17) is 4.74 Å². The normalized spacial score (nSPS) is 15.1. The lowest BCUT2D eigenvalue weighted by molar-refractivity contribution is -0.133. The van der Waals surface area contributed by atoms with Crippen LogP contribution in [0.25, 0.3) is 10.9 Å². The second-order valence-electron chi connectivity index (χ2n) is 5.56. The van der Waals surface area contributed by atoms with Crippen molar-refractivity contribution in [2.45, 2.75) is 13.8 Å². The van der Waals surface area contributed by atoms with Gasteiger partial charge < -0.3 is 15.0 Å². The van der Waals surface area contributed by atoms with Crippen LogP contribution < -0.4 is 5.32 Å². The first-order valence-electron chi connectivity index (χ1n) is 7.62. The Bertz CT molecular complexity index is 694. The first-order chi connectivity index (χ1) is 10.7. The fraction of sp³-hybridized carbons (Fsp3) is 0.412. The van der Waals surface area contributed by atoms with Crippen molar-refractivity contribution in [1.82, 2.24) is 9.88 Å². The number of aryl methyl sites for hydroxylation is 1. The molecule has 5 heteroatoms. The molecular formula is C17H21N3O2. The van der Waals surface area contributed by atoms with Crippen molar-refractivity contribution >= 4 is 22.5 Å². The van der Waals surface area contributed by atoms with Crippen molar-refractivity contribution in [2.24, 2.45) is 0 Å². The van der Waals surface area contributed by atoms with Crippen LogP contribution in [0.4, 0.5) is 5.69 Å². The zero-order valence-electron chi connectivity index (χ0n) is 13.1. The van der Waals surface area contributed by atoms with Gasteiger partial charge in [0.1, 0.15) is 0 Å². The quantitative estimate of drug-likeness (QED) is 0.943. The van der Waals surface area contributed by atoms with E-state index < -0.39 is 0 Å². The van der Waals surface area contributed by atoms with E-state index in [-0.39, 0.29) is 5.91 Å². The smallest absolute Gasteiger partial charge is 0.242 e. The Morgan fingerprint density at radius 3 is 2.77 bits per heavy atom. The molecule has 1 aliphatic heterocycles. The number of nitrogens with one attached hydrogen (secondary N) is 1. The highest BCUT2D eigenvalue weighted by atomic mass is 16.5. The SMILES string of the molecule is Cc1nc2ccccc2c(NCC(=O)N2CCOCC2)c1C. The van der Waals surface area contributed by atoms with Crippen LogP contribution in [-0.4, -0.2) is 48.6 Å². The van der Waals surface area contributed by atoms with Gasteiger partial charge >= 0.3 is 0 Å². The van der Waals surface area contributed by atoms with Gasteiger partial charge in [-0.1, -0.05) is 18.2 Å². The molecule has 1 aromatic carbocycles. The summed E-state index contributed by atoms with van der Waals surface area (Å²) in [4.78, 5) is 18.7. The van der Waals surface area contributed by atoms with Crippen LogP contribution in [0.15, 0.2) is 24.3 Å². The van der Waals surface area contributed by atoms with Gasteiger partial charge in [-0.25, -0.2) is 0 Å². The molecule has 0 spiro atoms. The zero-order chi connectivity index (χ0) is 15.5. The molecule has 2 heterocycles. The van der Waals surface area contributed by atoms with E-state index in [1.165, 1.54) is 0 Å². The molecule has 0 atom stereocenters. The van der Waals surface area contributed by atoms with Crippen molar-refractivity contribution in [3.63, 3.8) is 0 Å². The highest BCUT2D eigenvalue weighted by Gasteiger charge is 2.17. The average molecular weight is 299 g/mol. The minimum Gasteiger partial charge on any atom is -0.378 e. The maximum absolute atomic E-state index is 12.3. The van der Waals surface area contributed by atoms with E-state index in [1.54, 1.807) is 0 Å². The highest BCUT2D eigenvalue weighted by molar-refractivity contribution is 5.94. The molecule has 1 aromatic heterocycles. The van der Waals surface area contributed by atoms with Gasteiger partial charge in [0.2, 0.25) is 5.91 Å². The Balaban J connectivity index is 1.81. The third-order valence-electron chi connectivity index (χ3n) is 4.16. The van der Waals surface area contributed by atoms with Gasteiger partial charge in [0.05, 0.1) is 25.3 Å². The molecule has 0 unspecified atom stereocenters. The Morgan fingerprint density at radius 1 is 1.27 bits per heavy atom. The van der Waals surface area contributed by atoms with Gasteiger partial charge in [0, 0.05) is 29.9 Å². The van der Waals surface area contributed by atoms with Crippen LogP contribution in [0, 0.1) is 13.8 Å². The summed E-state index contributed by atoms with van der Waals surface area (Å²) in [5.41, 5.74) is 4.03. The van der Waals surface area contributed by atoms with Crippen LogP contribution >= 0.6 is 0 Å². The van der Waals surface area contributed by atoms with Crippen molar-refractivity contribution in [2.75, 3.05) is 38.2 Å². The van der Waals surface area contributed by atoms with Crippen molar-refractivity contribution in [1.29, 1.82) is 0 Å². The maximum Gasteiger partial charge on any atom is 0.242 e. The molecule has 1 fully saturated rings. The number of morpholine rings is 1. The maximum atomic E-state index is 12.3. The third kappa shape index (κ3) is 2.90. The number of pyridine rings is 1. The molecule has 1 amide bonds. The Morgan fingerprint density at radius 2 is 2.00 bits per heavy atom. The molecule has 1 aliphatic rings. The van der Waals surface area contributed by atoms with Crippen molar-refractivity contribution in [3.8, 4) is 0 Å². The highest BCUT2D eigenvalue weighted by Crippen LogP contribution is 2.27. The predicted octanol–water partition coefficient (Wildman–Crippen LogP) is 2.12. The molecule has 3 rings (SSSR count). The number of aromatic nitrogens is 1. The first kappa shape index (κ1) is 14.8. The average Bonchev–Trinajstić information content (AvgIpc) is 2.56. The van der Waals surface area contributed by atoms with E-state index in [1.807, 2.05) is 43.0 Å². The summed E-state index contributed by atoms with van der Waals surface area (Å²) in [7, 11) is 0. The molecule has 0 radical (unpaired) electrons. The summed E-state index contributed by atoms with van der Waals surface area (Å²) >= 11 is 0. The van der Waals surface area contributed by atoms with Gasteiger partial charge in [0.15, 0.2) is 0 Å². The second-order valence-corrected chi connectivity index (χ2v) is 5.56. The Kier molecular flexibility index (Phi) is 4.24. The van der Waals surface area contributed by atoms with Gasteiger partial charge in [-0.3, -0.25) is 9.78 Å². The monoisotopic (exact) mass is 299 g/mol. The summed E-state index contributed by atoms with van der Waals surface area (Å²) in [6.07, 6.45) is 0. The summed E-state index contributed by atoms with van der Waals surface area (Å²) in [5.74, 6) is 0.112. The van der Waals surface area contributed by atoms with Gasteiger partial charge in [0.25, 0.3) is 0 Å². The van der Waals surface area contributed by atoms with Gasteiger partial charge in [-0.2, -0.15) is 0 Å². The summed E-state index contributed by atoms with van der Waals surface area (Å²) in [5, 5.41) is 4.38. The number of para-hydroxylation sites is 1. The van der Waals surface area contributed by atoms with Crippen LogP contribution in [-0.2, 0) is 9.53 Å². The minimum absolute atomic E-state index is 0.112. The number of ether oxygens (including phenoxy) is 1. The molecular weight excluding hydrogens is 278 g/mol. The fourth-order valence-corrected chi connectivity index (χ4v) is 2.75. The first-order valence-corrected chi connectivity index (χ1v) is 7.62. The standard InChI is InChI=1S/C17H21N3O2/c1-12-13(2)19-15-6-4-3-5-14(15)17(12)18-11-16(21)20-7-9-22-10-8-20/h3-6H,7-11H2,1-2H3,(H,18,19). The number of benzene rings is 1. The van der Waals surface area contributed by atoms with Crippen LogP contribution in [0.3, 0.4) is 0 Å². The number of carbonyl (C=O) groups is 1. The van der Waals surface area contributed by atoms with E-state index in [0.717, 1.165) is 27.8 Å².